The summed E-state index contributed by atoms with van der Waals surface area (Å²) in [6.45, 7) is 5.29. The fourth-order valence-electron chi connectivity index (χ4n) is 1.98. The molecule has 1 aromatic carbocycles. The van der Waals surface area contributed by atoms with Gasteiger partial charge in [0.1, 0.15) is 0 Å². The van der Waals surface area contributed by atoms with E-state index in [1.54, 1.807) is 0 Å². The normalized spacial score (nSPS) is 12.4. The zero-order valence-corrected chi connectivity index (χ0v) is 13.2. The molecule has 0 heterocycles. The molecule has 0 aliphatic carbocycles. The van der Waals surface area contributed by atoms with Crippen molar-refractivity contribution < 1.29 is 9.53 Å². The van der Waals surface area contributed by atoms with Crippen LogP contribution in [0.2, 0.25) is 5.02 Å². The number of methoxy groups -OCH3 is 1. The van der Waals surface area contributed by atoms with E-state index in [0.717, 1.165) is 24.4 Å². The summed E-state index contributed by atoms with van der Waals surface area (Å²) in [5.41, 5.74) is 1.17. The first-order valence-electron chi connectivity index (χ1n) is 7.06. The van der Waals surface area contributed by atoms with E-state index in [1.807, 2.05) is 24.3 Å². The zero-order valence-electron chi connectivity index (χ0n) is 12.5. The van der Waals surface area contributed by atoms with Crippen molar-refractivity contribution in [3.8, 4) is 0 Å². The minimum atomic E-state index is -0.180. The Morgan fingerprint density at radius 2 is 1.95 bits per heavy atom. The molecule has 0 aliphatic rings. The van der Waals surface area contributed by atoms with Crippen LogP contribution in [0, 0.1) is 5.92 Å². The molecular weight excluding hydrogens is 274 g/mol. The highest BCUT2D eigenvalue weighted by Crippen LogP contribution is 2.12. The molecule has 1 unspecified atom stereocenters. The Balaban J connectivity index is 2.56. The van der Waals surface area contributed by atoms with Gasteiger partial charge in [-0.25, -0.2) is 0 Å². The molecule has 1 N–H and O–H groups in total. The Morgan fingerprint density at radius 1 is 1.30 bits per heavy atom. The van der Waals surface area contributed by atoms with Crippen molar-refractivity contribution in [1.29, 1.82) is 0 Å². The Kier molecular flexibility index (Phi) is 7.63. The summed E-state index contributed by atoms with van der Waals surface area (Å²) >= 11 is 5.88. The number of halogens is 1. The van der Waals surface area contributed by atoms with Crippen molar-refractivity contribution in [2.45, 2.75) is 39.2 Å². The third kappa shape index (κ3) is 6.92. The number of nitrogens with one attached hydrogen (secondary N) is 1. The van der Waals surface area contributed by atoms with Gasteiger partial charge in [0.05, 0.1) is 13.5 Å². The van der Waals surface area contributed by atoms with Crippen molar-refractivity contribution in [1.82, 2.24) is 5.32 Å². The molecule has 1 aromatic rings. The number of esters is 1. The molecule has 0 fully saturated rings. The highest BCUT2D eigenvalue weighted by Gasteiger charge is 2.14. The van der Waals surface area contributed by atoms with Crippen LogP contribution in [-0.4, -0.2) is 25.7 Å². The number of carbonyl (C=O) groups excluding carboxylic acids is 1. The van der Waals surface area contributed by atoms with E-state index in [9.17, 15) is 4.79 Å². The lowest BCUT2D eigenvalue weighted by Crippen LogP contribution is -2.34. The second kappa shape index (κ2) is 8.98. The number of benzene rings is 1. The van der Waals surface area contributed by atoms with Crippen molar-refractivity contribution >= 4 is 17.6 Å². The molecule has 4 heteroatoms. The minimum absolute atomic E-state index is 0.0994. The fourth-order valence-corrected chi connectivity index (χ4v) is 2.11. The van der Waals surface area contributed by atoms with Gasteiger partial charge in [-0.3, -0.25) is 4.79 Å². The monoisotopic (exact) mass is 297 g/mol. The van der Waals surface area contributed by atoms with Crippen LogP contribution in [-0.2, 0) is 16.0 Å². The number of hydrogen-bond acceptors (Lipinski definition) is 3. The van der Waals surface area contributed by atoms with E-state index in [-0.39, 0.29) is 12.0 Å². The van der Waals surface area contributed by atoms with Gasteiger partial charge in [0.25, 0.3) is 0 Å². The van der Waals surface area contributed by atoms with Gasteiger partial charge in [0.2, 0.25) is 0 Å². The second-order valence-corrected chi connectivity index (χ2v) is 5.88. The Hall–Kier alpha value is -1.06. The van der Waals surface area contributed by atoms with Crippen molar-refractivity contribution in [2.75, 3.05) is 13.7 Å². The van der Waals surface area contributed by atoms with Gasteiger partial charge < -0.3 is 10.1 Å². The standard InChI is InChI=1S/C16H24ClNO2/c1-12(2)8-9-18-15(11-16(19)20-3)10-13-4-6-14(17)7-5-13/h4-7,12,15,18H,8-11H2,1-3H3. The molecule has 0 bridgehead atoms. The molecule has 3 nitrogen and oxygen atoms in total. The van der Waals surface area contributed by atoms with Crippen LogP contribution in [0.25, 0.3) is 0 Å². The molecule has 0 aromatic heterocycles. The van der Waals surface area contributed by atoms with Gasteiger partial charge >= 0.3 is 5.97 Å². The van der Waals surface area contributed by atoms with Crippen molar-refractivity contribution in [3.05, 3.63) is 34.9 Å². The van der Waals surface area contributed by atoms with Crippen LogP contribution in [0.3, 0.4) is 0 Å². The average molecular weight is 298 g/mol. The summed E-state index contributed by atoms with van der Waals surface area (Å²) in [7, 11) is 1.43. The smallest absolute Gasteiger partial charge is 0.307 e. The quantitative estimate of drug-likeness (QED) is 0.747. The Labute approximate surface area is 126 Å². The maximum Gasteiger partial charge on any atom is 0.307 e. The van der Waals surface area contributed by atoms with Gasteiger partial charge in [-0.2, -0.15) is 0 Å². The maximum absolute atomic E-state index is 11.5. The summed E-state index contributed by atoms with van der Waals surface area (Å²) in [6.07, 6.45) is 2.28. The summed E-state index contributed by atoms with van der Waals surface area (Å²) in [6, 6.07) is 7.84. The summed E-state index contributed by atoms with van der Waals surface area (Å²) < 4.78 is 4.76. The van der Waals surface area contributed by atoms with E-state index in [4.69, 9.17) is 16.3 Å². The molecule has 20 heavy (non-hydrogen) atoms. The van der Waals surface area contributed by atoms with Gasteiger partial charge in [-0.15, -0.1) is 0 Å². The van der Waals surface area contributed by atoms with Gasteiger partial charge in [0.15, 0.2) is 0 Å². The Bertz CT molecular complexity index is 403. The molecule has 0 spiro atoms. The third-order valence-corrected chi connectivity index (χ3v) is 3.44. The van der Waals surface area contributed by atoms with E-state index in [2.05, 4.69) is 19.2 Å². The number of rotatable bonds is 8. The number of ether oxygens (including phenoxy) is 1. The molecule has 0 saturated carbocycles. The first-order valence-corrected chi connectivity index (χ1v) is 7.43. The minimum Gasteiger partial charge on any atom is -0.469 e. The maximum atomic E-state index is 11.5. The lowest BCUT2D eigenvalue weighted by molar-refractivity contribution is -0.141. The summed E-state index contributed by atoms with van der Waals surface area (Å²) in [4.78, 5) is 11.5. The van der Waals surface area contributed by atoms with E-state index < -0.39 is 0 Å². The molecule has 1 rings (SSSR count). The zero-order chi connectivity index (χ0) is 15.0. The molecular formula is C16H24ClNO2. The van der Waals surface area contributed by atoms with Crippen LogP contribution in [0.15, 0.2) is 24.3 Å². The van der Waals surface area contributed by atoms with E-state index in [1.165, 1.54) is 12.7 Å². The molecule has 112 valence electrons. The SMILES string of the molecule is COC(=O)CC(Cc1ccc(Cl)cc1)NCCC(C)C. The fraction of sp³-hybridized carbons (Fsp3) is 0.562. The predicted molar refractivity (Wildman–Crippen MR) is 83.0 cm³/mol. The Morgan fingerprint density at radius 3 is 2.50 bits per heavy atom. The lowest BCUT2D eigenvalue weighted by Gasteiger charge is -2.18. The predicted octanol–water partition coefficient (Wildman–Crippen LogP) is 3.45. The van der Waals surface area contributed by atoms with Crippen LogP contribution < -0.4 is 5.32 Å². The molecule has 0 amide bonds. The van der Waals surface area contributed by atoms with Gasteiger partial charge in [-0.1, -0.05) is 37.6 Å². The molecule has 0 saturated heterocycles. The van der Waals surface area contributed by atoms with Gasteiger partial charge in [0, 0.05) is 11.1 Å². The van der Waals surface area contributed by atoms with Crippen LogP contribution in [0.4, 0.5) is 0 Å². The van der Waals surface area contributed by atoms with Crippen LogP contribution >= 0.6 is 11.6 Å². The molecule has 1 atom stereocenters. The summed E-state index contributed by atoms with van der Waals surface area (Å²) in [5.74, 6) is 0.470. The van der Waals surface area contributed by atoms with Crippen LogP contribution in [0.1, 0.15) is 32.3 Å². The highest BCUT2D eigenvalue weighted by molar-refractivity contribution is 6.30. The number of hydrogen-bond donors (Lipinski definition) is 1. The third-order valence-electron chi connectivity index (χ3n) is 3.19. The number of carbonyl (C=O) groups is 1. The van der Waals surface area contributed by atoms with E-state index in [0.29, 0.717) is 12.3 Å². The highest BCUT2D eigenvalue weighted by atomic mass is 35.5. The van der Waals surface area contributed by atoms with Crippen molar-refractivity contribution in [3.63, 3.8) is 0 Å². The summed E-state index contributed by atoms with van der Waals surface area (Å²) in [5, 5.41) is 4.17. The first kappa shape index (κ1) is 17.0. The largest absolute Gasteiger partial charge is 0.469 e. The topological polar surface area (TPSA) is 38.3 Å². The van der Waals surface area contributed by atoms with E-state index >= 15 is 0 Å². The second-order valence-electron chi connectivity index (χ2n) is 5.44. The molecule has 0 aliphatic heterocycles. The lowest BCUT2D eigenvalue weighted by atomic mass is 10.0. The first-order chi connectivity index (χ1) is 9.51. The van der Waals surface area contributed by atoms with Crippen molar-refractivity contribution in [2.24, 2.45) is 5.92 Å². The molecule has 0 radical (unpaired) electrons. The average Bonchev–Trinajstić information content (AvgIpc) is 2.40. The van der Waals surface area contributed by atoms with Crippen LogP contribution in [0.5, 0.6) is 0 Å². The van der Waals surface area contributed by atoms with Gasteiger partial charge in [-0.05, 0) is 43.0 Å².